The average molecular weight is 408 g/mol. The van der Waals surface area contributed by atoms with E-state index in [1.54, 1.807) is 10.9 Å². The van der Waals surface area contributed by atoms with E-state index in [1.807, 2.05) is 22.5 Å². The van der Waals surface area contributed by atoms with Crippen molar-refractivity contribution in [1.29, 1.82) is 0 Å². The Bertz CT molecular complexity index is 1060. The van der Waals surface area contributed by atoms with Gasteiger partial charge in [-0.3, -0.25) is 9.48 Å². The van der Waals surface area contributed by atoms with Crippen LogP contribution in [0.15, 0.2) is 24.7 Å². The molecule has 3 aromatic rings. The van der Waals surface area contributed by atoms with E-state index in [0.29, 0.717) is 5.56 Å². The third kappa shape index (κ3) is 3.34. The second kappa shape index (κ2) is 7.74. The molecule has 0 aliphatic carbocycles. The Balaban J connectivity index is 1.46. The van der Waals surface area contributed by atoms with Gasteiger partial charge in [-0.15, -0.1) is 0 Å². The number of anilines is 1. The molecule has 2 saturated heterocycles. The maximum Gasteiger partial charge on any atom is 0.257 e. The topological polar surface area (TPSA) is 71.6 Å². The average Bonchev–Trinajstić information content (AvgIpc) is 3.52. The van der Waals surface area contributed by atoms with Crippen molar-refractivity contribution in [3.05, 3.63) is 41.5 Å². The van der Waals surface area contributed by atoms with E-state index in [2.05, 4.69) is 29.2 Å². The predicted molar refractivity (Wildman–Crippen MR) is 115 cm³/mol. The van der Waals surface area contributed by atoms with Crippen LogP contribution < -0.4 is 4.90 Å². The summed E-state index contributed by atoms with van der Waals surface area (Å²) in [5, 5.41) is 9.11. The van der Waals surface area contributed by atoms with Gasteiger partial charge in [0.15, 0.2) is 5.65 Å². The van der Waals surface area contributed by atoms with Crippen molar-refractivity contribution in [3.8, 4) is 0 Å². The van der Waals surface area contributed by atoms with E-state index in [4.69, 9.17) is 10.1 Å². The van der Waals surface area contributed by atoms with E-state index in [9.17, 15) is 4.79 Å². The number of aryl methyl sites for hydroxylation is 2. The van der Waals surface area contributed by atoms with Gasteiger partial charge in [-0.25, -0.2) is 9.50 Å². The number of nitrogens with zero attached hydrogens (tertiary/aromatic N) is 7. The van der Waals surface area contributed by atoms with Gasteiger partial charge < -0.3 is 9.80 Å². The smallest absolute Gasteiger partial charge is 0.257 e. The molecule has 0 saturated carbocycles. The van der Waals surface area contributed by atoms with Gasteiger partial charge in [-0.2, -0.15) is 10.2 Å². The van der Waals surface area contributed by atoms with Crippen LogP contribution in [-0.2, 0) is 6.54 Å². The zero-order valence-corrected chi connectivity index (χ0v) is 17.8. The first-order valence-corrected chi connectivity index (χ1v) is 11.1. The molecule has 2 fully saturated rings. The molecule has 158 valence electrons. The maximum atomic E-state index is 13.2. The van der Waals surface area contributed by atoms with E-state index in [1.165, 1.54) is 12.8 Å². The summed E-state index contributed by atoms with van der Waals surface area (Å²) in [6.45, 7) is 7.77. The molecule has 0 N–H and O–H groups in total. The Hall–Kier alpha value is -2.90. The second-order valence-corrected chi connectivity index (χ2v) is 8.41. The fraction of sp³-hybridized carbons (Fsp3) is 0.545. The normalized spacial score (nSPS) is 19.7. The molecule has 0 bridgehead atoms. The number of fused-ring (bicyclic) bond motifs is 1. The summed E-state index contributed by atoms with van der Waals surface area (Å²) in [6, 6.07) is 2.04. The summed E-state index contributed by atoms with van der Waals surface area (Å²) in [7, 11) is 0. The van der Waals surface area contributed by atoms with E-state index in [-0.39, 0.29) is 11.9 Å². The molecule has 30 heavy (non-hydrogen) atoms. The highest BCUT2D eigenvalue weighted by molar-refractivity contribution is 5.94. The van der Waals surface area contributed by atoms with Crippen molar-refractivity contribution in [1.82, 2.24) is 29.3 Å². The quantitative estimate of drug-likeness (QED) is 0.664. The number of hydrogen-bond acceptors (Lipinski definition) is 5. The first-order chi connectivity index (χ1) is 14.6. The van der Waals surface area contributed by atoms with Crippen LogP contribution in [0.3, 0.4) is 0 Å². The van der Waals surface area contributed by atoms with Gasteiger partial charge in [-0.05, 0) is 46.0 Å². The molecule has 5 rings (SSSR count). The van der Waals surface area contributed by atoms with Gasteiger partial charge >= 0.3 is 0 Å². The first kappa shape index (κ1) is 19.1. The summed E-state index contributed by atoms with van der Waals surface area (Å²) >= 11 is 0. The van der Waals surface area contributed by atoms with Crippen molar-refractivity contribution >= 4 is 17.4 Å². The Morgan fingerprint density at radius 1 is 1.13 bits per heavy atom. The lowest BCUT2D eigenvalue weighted by molar-refractivity contribution is 0.0605. The fourth-order valence-corrected chi connectivity index (χ4v) is 4.73. The van der Waals surface area contributed by atoms with Crippen molar-refractivity contribution < 1.29 is 4.79 Å². The van der Waals surface area contributed by atoms with Crippen molar-refractivity contribution in [2.45, 2.75) is 58.5 Å². The maximum absolute atomic E-state index is 13.2. The number of amides is 1. The van der Waals surface area contributed by atoms with Gasteiger partial charge in [0.2, 0.25) is 0 Å². The van der Waals surface area contributed by atoms with Crippen LogP contribution in [0.1, 0.15) is 66.7 Å². The Morgan fingerprint density at radius 2 is 1.93 bits per heavy atom. The molecule has 5 heterocycles. The molecular weight excluding hydrogens is 378 g/mol. The summed E-state index contributed by atoms with van der Waals surface area (Å²) in [5.41, 5.74) is 3.58. The van der Waals surface area contributed by atoms with Crippen LogP contribution >= 0.6 is 0 Å². The highest BCUT2D eigenvalue weighted by atomic mass is 16.2. The first-order valence-electron chi connectivity index (χ1n) is 11.1. The molecule has 0 unspecified atom stereocenters. The van der Waals surface area contributed by atoms with Gasteiger partial charge in [0.25, 0.3) is 5.91 Å². The lowest BCUT2D eigenvalue weighted by Gasteiger charge is -2.34. The van der Waals surface area contributed by atoms with Gasteiger partial charge in [0.1, 0.15) is 5.82 Å². The number of hydrogen-bond donors (Lipinski definition) is 0. The molecule has 0 aromatic carbocycles. The van der Waals surface area contributed by atoms with Crippen molar-refractivity contribution in [2.24, 2.45) is 0 Å². The predicted octanol–water partition coefficient (Wildman–Crippen LogP) is 3.22. The van der Waals surface area contributed by atoms with Crippen LogP contribution in [0.2, 0.25) is 0 Å². The summed E-state index contributed by atoms with van der Waals surface area (Å²) in [4.78, 5) is 22.5. The van der Waals surface area contributed by atoms with Crippen molar-refractivity contribution in [2.75, 3.05) is 24.5 Å². The largest absolute Gasteiger partial charge is 0.356 e. The van der Waals surface area contributed by atoms with Crippen LogP contribution in [0.25, 0.3) is 5.65 Å². The van der Waals surface area contributed by atoms with Gasteiger partial charge in [0, 0.05) is 50.2 Å². The zero-order valence-electron chi connectivity index (χ0n) is 17.8. The zero-order chi connectivity index (χ0) is 20.7. The molecule has 3 aromatic heterocycles. The summed E-state index contributed by atoms with van der Waals surface area (Å²) in [5.74, 6) is 1.10. The number of rotatable bonds is 4. The number of carbonyl (C=O) groups excluding carboxylic acids is 1. The molecule has 0 spiro atoms. The lowest BCUT2D eigenvalue weighted by atomic mass is 9.98. The number of piperidine rings is 1. The number of aromatic nitrogens is 5. The molecule has 2 aliphatic heterocycles. The van der Waals surface area contributed by atoms with Gasteiger partial charge in [0.05, 0.1) is 23.5 Å². The molecule has 8 nitrogen and oxygen atoms in total. The third-order valence-electron chi connectivity index (χ3n) is 6.34. The van der Waals surface area contributed by atoms with E-state index in [0.717, 1.165) is 68.2 Å². The molecule has 2 aliphatic rings. The Morgan fingerprint density at radius 3 is 2.70 bits per heavy atom. The Labute approximate surface area is 176 Å². The molecule has 1 atom stereocenters. The molecule has 0 radical (unpaired) electrons. The van der Waals surface area contributed by atoms with Gasteiger partial charge in [-0.1, -0.05) is 0 Å². The minimum atomic E-state index is -0.0199. The van der Waals surface area contributed by atoms with Crippen LogP contribution in [0.4, 0.5) is 5.82 Å². The fourth-order valence-electron chi connectivity index (χ4n) is 4.73. The van der Waals surface area contributed by atoms with Crippen LogP contribution in [-0.4, -0.2) is 54.8 Å². The monoisotopic (exact) mass is 407 g/mol. The highest BCUT2D eigenvalue weighted by Crippen LogP contribution is 2.32. The number of likely N-dealkylation sites (tertiary alicyclic amines) is 1. The standard InChI is InChI=1S/C22H29N7O/c1-3-27-15-17(13-23-27)22(30)28-11-5-4-8-19(28)18-12-20-24-21(26-9-6-7-10-26)16(2)14-29(20)25-18/h12-15,19H,3-11H2,1-2H3/t19-/m0/s1. The van der Waals surface area contributed by atoms with Crippen molar-refractivity contribution in [3.63, 3.8) is 0 Å². The van der Waals surface area contributed by atoms with E-state index >= 15 is 0 Å². The Kier molecular flexibility index (Phi) is 4.92. The summed E-state index contributed by atoms with van der Waals surface area (Å²) < 4.78 is 3.67. The van der Waals surface area contributed by atoms with Crippen LogP contribution in [0.5, 0.6) is 0 Å². The lowest BCUT2D eigenvalue weighted by Crippen LogP contribution is -2.38. The highest BCUT2D eigenvalue weighted by Gasteiger charge is 2.31. The molecule has 1 amide bonds. The minimum absolute atomic E-state index is 0.0199. The third-order valence-corrected chi connectivity index (χ3v) is 6.34. The molecule has 8 heteroatoms. The minimum Gasteiger partial charge on any atom is -0.356 e. The van der Waals surface area contributed by atoms with E-state index < -0.39 is 0 Å². The SMILES string of the molecule is CCn1cc(C(=O)N2CCCC[C@H]2c2cc3nc(N4CCCC4)c(C)cn3n2)cn1. The number of carbonyl (C=O) groups is 1. The van der Waals surface area contributed by atoms with Crippen LogP contribution in [0, 0.1) is 6.92 Å². The summed E-state index contributed by atoms with van der Waals surface area (Å²) in [6.07, 6.45) is 11.1. The second-order valence-electron chi connectivity index (χ2n) is 8.41. The molecular formula is C22H29N7O.